The minimum absolute atomic E-state index is 0.0469. The van der Waals surface area contributed by atoms with E-state index in [1.807, 2.05) is 26.0 Å². The summed E-state index contributed by atoms with van der Waals surface area (Å²) in [4.78, 5) is 1.25. The molecule has 0 radical (unpaired) electrons. The molecule has 0 saturated carbocycles. The number of benzene rings is 2. The molecule has 1 N–H and O–H groups in total. The first-order valence-corrected chi connectivity index (χ1v) is 9.94. The van der Waals surface area contributed by atoms with Crippen molar-refractivity contribution in [2.24, 2.45) is 0 Å². The van der Waals surface area contributed by atoms with E-state index >= 15 is 0 Å². The van der Waals surface area contributed by atoms with Gasteiger partial charge in [0.05, 0.1) is 0 Å². The lowest BCUT2D eigenvalue weighted by Gasteiger charge is -2.41. The Kier molecular flexibility index (Phi) is 5.14. The van der Waals surface area contributed by atoms with E-state index in [2.05, 4.69) is 21.8 Å². The molecule has 0 saturated heterocycles. The fourth-order valence-electron chi connectivity index (χ4n) is 3.21. The second-order valence-corrected chi connectivity index (χ2v) is 8.83. The predicted octanol–water partition coefficient (Wildman–Crippen LogP) is 3.08. The highest BCUT2D eigenvalue weighted by Crippen LogP contribution is 2.26. The maximum atomic E-state index is 13.8. The molecule has 0 aromatic heterocycles. The smallest absolute Gasteiger partial charge is 0.246 e. The van der Waals surface area contributed by atoms with Gasteiger partial charge in [0.15, 0.2) is 4.90 Å². The first kappa shape index (κ1) is 18.9. The molecule has 1 aliphatic heterocycles. The van der Waals surface area contributed by atoms with Gasteiger partial charge in [-0.1, -0.05) is 30.3 Å². The van der Waals surface area contributed by atoms with Gasteiger partial charge in [0.25, 0.3) is 0 Å². The first-order valence-electron chi connectivity index (χ1n) is 8.46. The summed E-state index contributed by atoms with van der Waals surface area (Å²) in [5.74, 6) is -2.19. The number of fused-ring (bicyclic) bond motifs is 1. The number of sulfonamides is 1. The molecule has 2 aromatic rings. The molecule has 140 valence electrons. The van der Waals surface area contributed by atoms with Gasteiger partial charge in [-0.3, -0.25) is 4.90 Å². The van der Waals surface area contributed by atoms with Crippen LogP contribution >= 0.6 is 0 Å². The van der Waals surface area contributed by atoms with E-state index in [0.717, 1.165) is 31.2 Å². The van der Waals surface area contributed by atoms with Crippen LogP contribution in [0.5, 0.6) is 0 Å². The zero-order chi connectivity index (χ0) is 18.9. The lowest BCUT2D eigenvalue weighted by atomic mass is 9.94. The van der Waals surface area contributed by atoms with Crippen LogP contribution in [-0.4, -0.2) is 31.9 Å². The minimum atomic E-state index is -4.28. The van der Waals surface area contributed by atoms with E-state index in [4.69, 9.17) is 0 Å². The SMILES string of the molecule is CC(C)(CNS(=O)(=O)c1c(F)cccc1F)N1CCc2ccccc2C1. The molecule has 7 heteroatoms. The fraction of sp³-hybridized carbons (Fsp3) is 0.368. The van der Waals surface area contributed by atoms with E-state index in [1.165, 1.54) is 11.1 Å². The topological polar surface area (TPSA) is 49.4 Å². The molecule has 0 bridgehead atoms. The van der Waals surface area contributed by atoms with Crippen molar-refractivity contribution in [3.8, 4) is 0 Å². The molecule has 0 aliphatic carbocycles. The Labute approximate surface area is 152 Å². The maximum Gasteiger partial charge on any atom is 0.246 e. The number of rotatable bonds is 5. The zero-order valence-electron chi connectivity index (χ0n) is 14.8. The van der Waals surface area contributed by atoms with Crippen molar-refractivity contribution in [2.45, 2.75) is 37.2 Å². The molecule has 1 aliphatic rings. The Bertz CT molecular complexity index is 893. The number of hydrogen-bond donors (Lipinski definition) is 1. The van der Waals surface area contributed by atoms with Gasteiger partial charge in [0, 0.05) is 25.2 Å². The van der Waals surface area contributed by atoms with Crippen LogP contribution in [0.4, 0.5) is 8.78 Å². The maximum absolute atomic E-state index is 13.8. The first-order chi connectivity index (χ1) is 12.2. The van der Waals surface area contributed by atoms with Gasteiger partial charge in [-0.15, -0.1) is 0 Å². The van der Waals surface area contributed by atoms with Crippen LogP contribution in [0.15, 0.2) is 47.4 Å². The van der Waals surface area contributed by atoms with Crippen LogP contribution in [0.2, 0.25) is 0 Å². The molecule has 2 aromatic carbocycles. The highest BCUT2D eigenvalue weighted by molar-refractivity contribution is 7.89. The minimum Gasteiger partial charge on any atom is -0.292 e. The van der Waals surface area contributed by atoms with E-state index in [-0.39, 0.29) is 6.54 Å². The average molecular weight is 380 g/mol. The third-order valence-electron chi connectivity index (χ3n) is 4.87. The fourth-order valence-corrected chi connectivity index (χ4v) is 4.54. The van der Waals surface area contributed by atoms with Crippen LogP contribution in [0, 0.1) is 11.6 Å². The summed E-state index contributed by atoms with van der Waals surface area (Å²) < 4.78 is 54.8. The van der Waals surface area contributed by atoms with E-state index in [0.29, 0.717) is 6.54 Å². The highest BCUT2D eigenvalue weighted by Gasteiger charge is 2.32. The predicted molar refractivity (Wildman–Crippen MR) is 96.2 cm³/mol. The van der Waals surface area contributed by atoms with Crippen molar-refractivity contribution in [2.75, 3.05) is 13.1 Å². The largest absolute Gasteiger partial charge is 0.292 e. The molecule has 3 rings (SSSR count). The van der Waals surface area contributed by atoms with E-state index < -0.39 is 32.1 Å². The number of hydrogen-bond acceptors (Lipinski definition) is 3. The molecule has 1 heterocycles. The molecular weight excluding hydrogens is 358 g/mol. The Morgan fingerprint density at radius 3 is 2.31 bits per heavy atom. The summed E-state index contributed by atoms with van der Waals surface area (Å²) in [6.07, 6.45) is 0.883. The molecule has 4 nitrogen and oxygen atoms in total. The van der Waals surface area contributed by atoms with E-state index in [1.54, 1.807) is 0 Å². The van der Waals surface area contributed by atoms with Crippen LogP contribution in [0.25, 0.3) is 0 Å². The third-order valence-corrected chi connectivity index (χ3v) is 6.32. The van der Waals surface area contributed by atoms with Crippen molar-refractivity contribution < 1.29 is 17.2 Å². The van der Waals surface area contributed by atoms with Crippen molar-refractivity contribution in [3.63, 3.8) is 0 Å². The van der Waals surface area contributed by atoms with Crippen LogP contribution < -0.4 is 4.72 Å². The number of halogens is 2. The second kappa shape index (κ2) is 7.06. The van der Waals surface area contributed by atoms with Crippen LogP contribution in [0.3, 0.4) is 0 Å². The van der Waals surface area contributed by atoms with Crippen molar-refractivity contribution in [3.05, 3.63) is 65.2 Å². The van der Waals surface area contributed by atoms with Crippen LogP contribution in [0.1, 0.15) is 25.0 Å². The Hall–Kier alpha value is -1.83. The van der Waals surface area contributed by atoms with Gasteiger partial charge < -0.3 is 0 Å². The van der Waals surface area contributed by atoms with Crippen molar-refractivity contribution in [1.29, 1.82) is 0 Å². The van der Waals surface area contributed by atoms with E-state index in [9.17, 15) is 17.2 Å². The lowest BCUT2D eigenvalue weighted by molar-refractivity contribution is 0.108. The zero-order valence-corrected chi connectivity index (χ0v) is 15.6. The number of nitrogens with one attached hydrogen (secondary N) is 1. The quantitative estimate of drug-likeness (QED) is 0.867. The summed E-state index contributed by atoms with van der Waals surface area (Å²) in [5.41, 5.74) is 2.01. The summed E-state index contributed by atoms with van der Waals surface area (Å²) in [5, 5.41) is 0. The monoisotopic (exact) mass is 380 g/mol. The summed E-state index contributed by atoms with van der Waals surface area (Å²) >= 11 is 0. The summed E-state index contributed by atoms with van der Waals surface area (Å²) in [6, 6.07) is 11.2. The van der Waals surface area contributed by atoms with Gasteiger partial charge in [0.1, 0.15) is 11.6 Å². The second-order valence-electron chi connectivity index (χ2n) is 7.13. The molecule has 0 atom stereocenters. The normalized spacial score (nSPS) is 15.7. The van der Waals surface area contributed by atoms with Crippen LogP contribution in [-0.2, 0) is 23.0 Å². The number of nitrogens with zero attached hydrogens (tertiary/aromatic N) is 1. The van der Waals surface area contributed by atoms with Gasteiger partial charge in [-0.25, -0.2) is 21.9 Å². The highest BCUT2D eigenvalue weighted by atomic mass is 32.2. The van der Waals surface area contributed by atoms with Crippen molar-refractivity contribution >= 4 is 10.0 Å². The molecule has 0 spiro atoms. The Morgan fingerprint density at radius 2 is 1.65 bits per heavy atom. The standard InChI is InChI=1S/C19H22F2N2O2S/c1-19(2,23-11-10-14-6-3-4-7-15(14)12-23)13-22-26(24,25)18-16(20)8-5-9-17(18)21/h3-9,22H,10-13H2,1-2H3. The molecule has 26 heavy (non-hydrogen) atoms. The molecule has 0 amide bonds. The third kappa shape index (κ3) is 3.79. The molecular formula is C19H22F2N2O2S. The Morgan fingerprint density at radius 1 is 1.04 bits per heavy atom. The summed E-state index contributed by atoms with van der Waals surface area (Å²) in [6.45, 7) is 5.38. The van der Waals surface area contributed by atoms with Crippen molar-refractivity contribution in [1.82, 2.24) is 9.62 Å². The Balaban J connectivity index is 1.74. The average Bonchev–Trinajstić information content (AvgIpc) is 2.59. The van der Waals surface area contributed by atoms with Gasteiger partial charge >= 0.3 is 0 Å². The molecule has 0 unspecified atom stereocenters. The lowest BCUT2D eigenvalue weighted by Crippen LogP contribution is -2.53. The van der Waals surface area contributed by atoms with Gasteiger partial charge in [-0.2, -0.15) is 0 Å². The summed E-state index contributed by atoms with van der Waals surface area (Å²) in [7, 11) is -4.28. The van der Waals surface area contributed by atoms with Gasteiger partial charge in [-0.05, 0) is 43.5 Å². The molecule has 0 fully saturated rings. The van der Waals surface area contributed by atoms with Gasteiger partial charge in [0.2, 0.25) is 10.0 Å².